The summed E-state index contributed by atoms with van der Waals surface area (Å²) < 4.78 is 18.0. The quantitative estimate of drug-likeness (QED) is 0.544. The van der Waals surface area contributed by atoms with Crippen LogP contribution in [0.15, 0.2) is 30.9 Å². The molecule has 0 saturated carbocycles. The largest absolute Gasteiger partial charge is 0.493 e. The Morgan fingerprint density at radius 2 is 2.36 bits per heavy atom. The van der Waals surface area contributed by atoms with Gasteiger partial charge in [-0.2, -0.15) is 0 Å². The van der Waals surface area contributed by atoms with Crippen LogP contribution in [0.5, 0.6) is 5.75 Å². The molecule has 1 aromatic carbocycles. The van der Waals surface area contributed by atoms with E-state index in [4.69, 9.17) is 4.74 Å². The van der Waals surface area contributed by atoms with Crippen molar-refractivity contribution in [2.45, 2.75) is 6.42 Å². The van der Waals surface area contributed by atoms with E-state index in [9.17, 15) is 9.18 Å². The molecule has 0 saturated heterocycles. The first-order valence-electron chi connectivity index (χ1n) is 4.17. The summed E-state index contributed by atoms with van der Waals surface area (Å²) >= 11 is 0. The van der Waals surface area contributed by atoms with E-state index in [2.05, 4.69) is 6.58 Å². The number of ketones is 1. The fourth-order valence-electron chi connectivity index (χ4n) is 1.18. The second kappa shape index (κ2) is 4.56. The molecule has 74 valence electrons. The monoisotopic (exact) mass is 194 g/mol. The molecule has 0 aliphatic heterocycles. The number of halogens is 1. The van der Waals surface area contributed by atoms with Crippen molar-refractivity contribution < 1.29 is 13.9 Å². The van der Waals surface area contributed by atoms with Gasteiger partial charge in [0.05, 0.1) is 12.7 Å². The molecule has 0 amide bonds. The van der Waals surface area contributed by atoms with Crippen LogP contribution in [-0.4, -0.2) is 12.9 Å². The van der Waals surface area contributed by atoms with Crippen LogP contribution in [0.2, 0.25) is 0 Å². The molecule has 2 nitrogen and oxygen atoms in total. The second-order valence-electron chi connectivity index (χ2n) is 2.74. The molecule has 0 fully saturated rings. The molecule has 0 aliphatic rings. The van der Waals surface area contributed by atoms with Crippen LogP contribution in [0.25, 0.3) is 0 Å². The van der Waals surface area contributed by atoms with Crippen molar-refractivity contribution in [1.82, 2.24) is 0 Å². The predicted octanol–water partition coefficient (Wildman–Crippen LogP) is 2.59. The van der Waals surface area contributed by atoms with Crippen molar-refractivity contribution >= 4 is 5.78 Å². The molecular weight excluding hydrogens is 183 g/mol. The molecule has 0 spiro atoms. The average Bonchev–Trinajstić information content (AvgIpc) is 2.17. The van der Waals surface area contributed by atoms with Crippen molar-refractivity contribution in [2.24, 2.45) is 0 Å². The number of hydrogen-bond donors (Lipinski definition) is 0. The summed E-state index contributed by atoms with van der Waals surface area (Å²) in [7, 11) is 1.34. The third-order valence-corrected chi connectivity index (χ3v) is 1.80. The van der Waals surface area contributed by atoms with Gasteiger partial charge in [0.15, 0.2) is 17.3 Å². The van der Waals surface area contributed by atoms with Gasteiger partial charge in [0.2, 0.25) is 0 Å². The van der Waals surface area contributed by atoms with Gasteiger partial charge in [-0.05, 0) is 12.1 Å². The molecule has 0 heterocycles. The molecule has 0 bridgehead atoms. The average molecular weight is 194 g/mol. The highest BCUT2D eigenvalue weighted by molar-refractivity contribution is 5.99. The van der Waals surface area contributed by atoms with Crippen LogP contribution in [0.4, 0.5) is 4.39 Å². The summed E-state index contributed by atoms with van der Waals surface area (Å²) in [5.74, 6) is -0.724. The lowest BCUT2D eigenvalue weighted by Gasteiger charge is -2.06. The first-order valence-corrected chi connectivity index (χ1v) is 4.17. The maximum absolute atomic E-state index is 13.1. The smallest absolute Gasteiger partial charge is 0.170 e. The van der Waals surface area contributed by atoms with Crippen LogP contribution in [0.1, 0.15) is 16.8 Å². The highest BCUT2D eigenvalue weighted by Gasteiger charge is 2.13. The van der Waals surface area contributed by atoms with E-state index in [-0.39, 0.29) is 23.5 Å². The van der Waals surface area contributed by atoms with E-state index < -0.39 is 5.82 Å². The number of para-hydroxylation sites is 1. The van der Waals surface area contributed by atoms with E-state index in [0.717, 1.165) is 0 Å². The maximum Gasteiger partial charge on any atom is 0.170 e. The van der Waals surface area contributed by atoms with E-state index in [1.165, 1.54) is 31.4 Å². The summed E-state index contributed by atoms with van der Waals surface area (Å²) in [6.45, 7) is 3.45. The number of hydrogen-bond acceptors (Lipinski definition) is 2. The fourth-order valence-corrected chi connectivity index (χ4v) is 1.18. The Morgan fingerprint density at radius 1 is 1.64 bits per heavy atom. The van der Waals surface area contributed by atoms with Crippen LogP contribution < -0.4 is 4.74 Å². The predicted molar refractivity (Wildman–Crippen MR) is 52.1 cm³/mol. The Morgan fingerprint density at radius 3 is 2.93 bits per heavy atom. The third-order valence-electron chi connectivity index (χ3n) is 1.80. The molecule has 3 heteroatoms. The van der Waals surface area contributed by atoms with Crippen LogP contribution in [0, 0.1) is 5.82 Å². The zero-order valence-corrected chi connectivity index (χ0v) is 7.92. The van der Waals surface area contributed by atoms with Crippen molar-refractivity contribution in [2.75, 3.05) is 7.11 Å². The molecule has 0 aliphatic carbocycles. The molecule has 0 atom stereocenters. The molecule has 1 aromatic rings. The second-order valence-corrected chi connectivity index (χ2v) is 2.74. The summed E-state index contributed by atoms with van der Waals surface area (Å²) in [6, 6.07) is 4.27. The van der Waals surface area contributed by atoms with E-state index >= 15 is 0 Å². The molecule has 0 radical (unpaired) electrons. The minimum absolute atomic E-state index is 0.000602. The van der Waals surface area contributed by atoms with Crippen LogP contribution in [0.3, 0.4) is 0 Å². The summed E-state index contributed by atoms with van der Waals surface area (Å²) in [5, 5.41) is 0. The number of allylic oxidation sites excluding steroid dienone is 1. The third kappa shape index (κ3) is 1.99. The van der Waals surface area contributed by atoms with Gasteiger partial charge in [-0.3, -0.25) is 4.79 Å². The van der Waals surface area contributed by atoms with Crippen molar-refractivity contribution in [3.05, 3.63) is 42.2 Å². The Balaban J connectivity index is 3.13. The van der Waals surface area contributed by atoms with Crippen molar-refractivity contribution in [1.29, 1.82) is 0 Å². The van der Waals surface area contributed by atoms with Gasteiger partial charge < -0.3 is 4.74 Å². The maximum atomic E-state index is 13.1. The molecule has 0 unspecified atom stereocenters. The number of rotatable bonds is 4. The lowest BCUT2D eigenvalue weighted by Crippen LogP contribution is -2.02. The fraction of sp³-hybridized carbons (Fsp3) is 0.182. The van der Waals surface area contributed by atoms with Crippen LogP contribution in [-0.2, 0) is 0 Å². The van der Waals surface area contributed by atoms with E-state index in [1.807, 2.05) is 0 Å². The Labute approximate surface area is 82.0 Å². The van der Waals surface area contributed by atoms with Crippen molar-refractivity contribution in [3.8, 4) is 5.75 Å². The van der Waals surface area contributed by atoms with Gasteiger partial charge >= 0.3 is 0 Å². The summed E-state index contributed by atoms with van der Waals surface area (Å²) in [6.07, 6.45) is 1.66. The zero-order chi connectivity index (χ0) is 10.6. The first-order chi connectivity index (χ1) is 6.70. The first kappa shape index (κ1) is 10.4. The van der Waals surface area contributed by atoms with E-state index in [1.54, 1.807) is 0 Å². The Hall–Kier alpha value is -1.64. The lowest BCUT2D eigenvalue weighted by atomic mass is 10.1. The topological polar surface area (TPSA) is 26.3 Å². The van der Waals surface area contributed by atoms with Gasteiger partial charge in [0.1, 0.15) is 0 Å². The number of Topliss-reactive ketones (excluding diaryl/α,β-unsaturated/α-hetero) is 1. The minimum atomic E-state index is -0.526. The molecule has 0 aromatic heterocycles. The van der Waals surface area contributed by atoms with E-state index in [0.29, 0.717) is 0 Å². The van der Waals surface area contributed by atoms with Crippen LogP contribution >= 0.6 is 0 Å². The molecule has 1 rings (SSSR count). The zero-order valence-electron chi connectivity index (χ0n) is 7.92. The standard InChI is InChI=1S/C11H11FO2/c1-3-5-10(13)8-6-4-7-9(12)11(8)14-2/h3-4,6-7H,1,5H2,2H3. The highest BCUT2D eigenvalue weighted by Crippen LogP contribution is 2.23. The molecular formula is C11H11FO2. The van der Waals surface area contributed by atoms with Gasteiger partial charge in [0.25, 0.3) is 0 Å². The number of benzene rings is 1. The highest BCUT2D eigenvalue weighted by atomic mass is 19.1. The normalized spacial score (nSPS) is 9.57. The molecule has 14 heavy (non-hydrogen) atoms. The number of carbonyl (C=O) groups is 1. The Kier molecular flexibility index (Phi) is 3.40. The molecule has 0 N–H and O–H groups in total. The SMILES string of the molecule is C=CCC(=O)c1cccc(F)c1OC. The summed E-state index contributed by atoms with van der Waals surface area (Å²) in [4.78, 5) is 11.5. The lowest BCUT2D eigenvalue weighted by molar-refractivity contribution is 0.0992. The Bertz CT molecular complexity index is 358. The summed E-state index contributed by atoms with van der Waals surface area (Å²) in [5.41, 5.74) is 0.257. The van der Waals surface area contributed by atoms with Crippen molar-refractivity contribution in [3.63, 3.8) is 0 Å². The van der Waals surface area contributed by atoms with Gasteiger partial charge in [0, 0.05) is 6.42 Å². The number of methoxy groups -OCH3 is 1. The van der Waals surface area contributed by atoms with Gasteiger partial charge in [-0.25, -0.2) is 4.39 Å². The number of carbonyl (C=O) groups excluding carboxylic acids is 1. The van der Waals surface area contributed by atoms with Gasteiger partial charge in [-0.15, -0.1) is 6.58 Å². The minimum Gasteiger partial charge on any atom is -0.493 e. The van der Waals surface area contributed by atoms with Gasteiger partial charge in [-0.1, -0.05) is 12.1 Å². The number of ether oxygens (including phenoxy) is 1.